The van der Waals surface area contributed by atoms with Gasteiger partial charge in [-0.2, -0.15) is 0 Å². The number of carbonyl (C=O) groups is 2. The highest BCUT2D eigenvalue weighted by Gasteiger charge is 2.18. The maximum atomic E-state index is 11.5. The van der Waals surface area contributed by atoms with Crippen LogP contribution in [0.3, 0.4) is 0 Å². The van der Waals surface area contributed by atoms with E-state index < -0.39 is 5.97 Å². The van der Waals surface area contributed by atoms with Crippen molar-refractivity contribution in [1.29, 1.82) is 0 Å². The normalized spacial score (nSPS) is 20.4. The highest BCUT2D eigenvalue weighted by atomic mass is 16.5. The van der Waals surface area contributed by atoms with Crippen LogP contribution in [0.4, 0.5) is 0 Å². The predicted octanol–water partition coefficient (Wildman–Crippen LogP) is 0.736. The van der Waals surface area contributed by atoms with Crippen LogP contribution in [0.2, 0.25) is 0 Å². The molecule has 1 aliphatic heterocycles. The lowest BCUT2D eigenvalue weighted by atomic mass is 10.0. The van der Waals surface area contributed by atoms with Crippen LogP contribution in [-0.4, -0.2) is 48.7 Å². The summed E-state index contributed by atoms with van der Waals surface area (Å²) in [5, 5.41) is 8.47. The van der Waals surface area contributed by atoms with E-state index >= 15 is 0 Å². The molecule has 1 unspecified atom stereocenters. The van der Waals surface area contributed by atoms with Gasteiger partial charge < -0.3 is 14.7 Å². The molecule has 1 amide bonds. The third-order valence-corrected chi connectivity index (χ3v) is 2.77. The van der Waals surface area contributed by atoms with Crippen molar-refractivity contribution in [3.63, 3.8) is 0 Å². The van der Waals surface area contributed by atoms with Crippen LogP contribution in [0.5, 0.6) is 0 Å². The number of rotatable bonds is 5. The van der Waals surface area contributed by atoms with Gasteiger partial charge in [0.05, 0.1) is 13.0 Å². The van der Waals surface area contributed by atoms with E-state index in [0.717, 1.165) is 19.4 Å². The van der Waals surface area contributed by atoms with Crippen LogP contribution >= 0.6 is 0 Å². The minimum absolute atomic E-state index is 0.0827. The Morgan fingerprint density at radius 3 is 2.75 bits per heavy atom. The summed E-state index contributed by atoms with van der Waals surface area (Å²) < 4.78 is 5.33. The molecule has 0 aromatic rings. The summed E-state index contributed by atoms with van der Waals surface area (Å²) in [6.07, 6.45) is 2.11. The van der Waals surface area contributed by atoms with Crippen LogP contribution in [0.15, 0.2) is 0 Å². The van der Waals surface area contributed by atoms with Crippen LogP contribution in [0.25, 0.3) is 0 Å². The van der Waals surface area contributed by atoms with Gasteiger partial charge in [0, 0.05) is 26.6 Å². The third-order valence-electron chi connectivity index (χ3n) is 2.77. The molecule has 0 radical (unpaired) electrons. The minimum Gasteiger partial charge on any atom is -0.481 e. The Morgan fingerprint density at radius 1 is 1.44 bits per heavy atom. The smallest absolute Gasteiger partial charge is 0.303 e. The molecule has 1 fully saturated rings. The van der Waals surface area contributed by atoms with Gasteiger partial charge >= 0.3 is 5.97 Å². The lowest BCUT2D eigenvalue weighted by Crippen LogP contribution is -2.35. The third kappa shape index (κ3) is 4.61. The van der Waals surface area contributed by atoms with E-state index in [-0.39, 0.29) is 18.7 Å². The van der Waals surface area contributed by atoms with Gasteiger partial charge in [-0.25, -0.2) is 0 Å². The maximum absolute atomic E-state index is 11.5. The largest absolute Gasteiger partial charge is 0.481 e. The number of amides is 1. The van der Waals surface area contributed by atoms with E-state index in [1.165, 1.54) is 0 Å². The van der Waals surface area contributed by atoms with Crippen molar-refractivity contribution in [1.82, 2.24) is 4.90 Å². The first kappa shape index (κ1) is 13.0. The lowest BCUT2D eigenvalue weighted by molar-refractivity contribution is -0.140. The zero-order valence-electron chi connectivity index (χ0n) is 9.65. The molecule has 0 aromatic carbocycles. The molecule has 5 heteroatoms. The molecule has 5 nitrogen and oxygen atoms in total. The fourth-order valence-corrected chi connectivity index (χ4v) is 1.85. The first-order valence-electron chi connectivity index (χ1n) is 5.63. The molecular weight excluding hydrogens is 210 g/mol. The summed E-state index contributed by atoms with van der Waals surface area (Å²) in [6, 6.07) is 0. The standard InChI is InChI=1S/C11H19NO4/c1-12(10(13)4-5-11(14)15)7-9-3-2-6-16-8-9/h9H,2-8H2,1H3,(H,14,15). The quantitative estimate of drug-likeness (QED) is 0.755. The Balaban J connectivity index is 2.24. The van der Waals surface area contributed by atoms with E-state index in [2.05, 4.69) is 0 Å². The molecule has 1 rings (SSSR count). The second-order valence-corrected chi connectivity index (χ2v) is 4.25. The molecule has 0 aromatic heterocycles. The molecule has 92 valence electrons. The van der Waals surface area contributed by atoms with Crippen molar-refractivity contribution in [2.24, 2.45) is 5.92 Å². The number of hydrogen-bond acceptors (Lipinski definition) is 3. The van der Waals surface area contributed by atoms with Crippen LogP contribution < -0.4 is 0 Å². The van der Waals surface area contributed by atoms with Crippen molar-refractivity contribution < 1.29 is 19.4 Å². The van der Waals surface area contributed by atoms with Gasteiger partial charge in [-0.3, -0.25) is 9.59 Å². The number of aliphatic carboxylic acids is 1. The van der Waals surface area contributed by atoms with Gasteiger partial charge in [0.15, 0.2) is 0 Å². The minimum atomic E-state index is -0.928. The van der Waals surface area contributed by atoms with Crippen molar-refractivity contribution in [3.8, 4) is 0 Å². The van der Waals surface area contributed by atoms with Gasteiger partial charge in [0.2, 0.25) is 5.91 Å². The number of carboxylic acid groups (broad SMARTS) is 1. The van der Waals surface area contributed by atoms with E-state index in [0.29, 0.717) is 19.1 Å². The zero-order chi connectivity index (χ0) is 12.0. The van der Waals surface area contributed by atoms with Gasteiger partial charge in [-0.05, 0) is 18.8 Å². The lowest BCUT2D eigenvalue weighted by Gasteiger charge is -2.27. The van der Waals surface area contributed by atoms with Crippen molar-refractivity contribution in [2.75, 3.05) is 26.8 Å². The number of nitrogens with zero attached hydrogens (tertiary/aromatic N) is 1. The maximum Gasteiger partial charge on any atom is 0.303 e. The highest BCUT2D eigenvalue weighted by Crippen LogP contribution is 2.14. The summed E-state index contributed by atoms with van der Waals surface area (Å²) in [7, 11) is 1.72. The topological polar surface area (TPSA) is 66.8 Å². The average Bonchev–Trinajstić information content (AvgIpc) is 2.27. The highest BCUT2D eigenvalue weighted by molar-refractivity contribution is 5.80. The summed E-state index contributed by atoms with van der Waals surface area (Å²) in [6.45, 7) is 2.18. The molecule has 16 heavy (non-hydrogen) atoms. The van der Waals surface area contributed by atoms with Crippen molar-refractivity contribution in [3.05, 3.63) is 0 Å². The Hall–Kier alpha value is -1.10. The monoisotopic (exact) mass is 229 g/mol. The van der Waals surface area contributed by atoms with Crippen LogP contribution in [0.1, 0.15) is 25.7 Å². The molecule has 1 saturated heterocycles. The molecule has 0 spiro atoms. The summed E-state index contributed by atoms with van der Waals surface area (Å²) in [4.78, 5) is 23.5. The molecule has 0 saturated carbocycles. The molecule has 1 N–H and O–H groups in total. The molecule has 1 atom stereocenters. The molecule has 1 heterocycles. The number of hydrogen-bond donors (Lipinski definition) is 1. The van der Waals surface area contributed by atoms with Gasteiger partial charge in [-0.15, -0.1) is 0 Å². The fourth-order valence-electron chi connectivity index (χ4n) is 1.85. The summed E-state index contributed by atoms with van der Waals surface area (Å²) >= 11 is 0. The second-order valence-electron chi connectivity index (χ2n) is 4.25. The molecule has 0 aliphatic carbocycles. The fraction of sp³-hybridized carbons (Fsp3) is 0.818. The van der Waals surface area contributed by atoms with Gasteiger partial charge in [0.25, 0.3) is 0 Å². The Morgan fingerprint density at radius 2 is 2.19 bits per heavy atom. The number of ether oxygens (including phenoxy) is 1. The summed E-state index contributed by atoms with van der Waals surface area (Å²) in [5.74, 6) is -0.636. The Bertz CT molecular complexity index is 248. The van der Waals surface area contributed by atoms with Gasteiger partial charge in [0.1, 0.15) is 0 Å². The Kier molecular flexibility index (Phi) is 5.25. The van der Waals surface area contributed by atoms with Crippen molar-refractivity contribution in [2.45, 2.75) is 25.7 Å². The van der Waals surface area contributed by atoms with E-state index in [9.17, 15) is 9.59 Å². The first-order chi connectivity index (χ1) is 7.59. The molecular formula is C11H19NO4. The van der Waals surface area contributed by atoms with Crippen LogP contribution in [0, 0.1) is 5.92 Å². The SMILES string of the molecule is CN(CC1CCCOC1)C(=O)CCC(=O)O. The van der Waals surface area contributed by atoms with Crippen LogP contribution in [-0.2, 0) is 14.3 Å². The predicted molar refractivity (Wildman–Crippen MR) is 58.0 cm³/mol. The van der Waals surface area contributed by atoms with E-state index in [1.807, 2.05) is 0 Å². The van der Waals surface area contributed by atoms with Gasteiger partial charge in [-0.1, -0.05) is 0 Å². The van der Waals surface area contributed by atoms with E-state index in [1.54, 1.807) is 11.9 Å². The number of carboxylic acids is 1. The van der Waals surface area contributed by atoms with Crippen molar-refractivity contribution >= 4 is 11.9 Å². The zero-order valence-corrected chi connectivity index (χ0v) is 9.65. The first-order valence-corrected chi connectivity index (χ1v) is 5.63. The summed E-state index contributed by atoms with van der Waals surface area (Å²) in [5.41, 5.74) is 0. The second kappa shape index (κ2) is 6.48. The number of carbonyl (C=O) groups excluding carboxylic acids is 1. The molecule has 0 bridgehead atoms. The van der Waals surface area contributed by atoms with E-state index in [4.69, 9.17) is 9.84 Å². The average molecular weight is 229 g/mol. The molecule has 1 aliphatic rings. The Labute approximate surface area is 95.4 Å².